The number of hydrogen-bond acceptors (Lipinski definition) is 2. The van der Waals surface area contributed by atoms with Crippen LogP contribution in [-0.2, 0) is 4.79 Å². The summed E-state index contributed by atoms with van der Waals surface area (Å²) in [4.78, 5) is 9.99. The van der Waals surface area contributed by atoms with Crippen LogP contribution < -0.4 is 11.1 Å². The molecule has 1 amide bonds. The Kier molecular flexibility index (Phi) is 2.33. The fourth-order valence-corrected chi connectivity index (χ4v) is 0.866. The average Bonchev–Trinajstić information content (AvgIpc) is 1.98. The van der Waals surface area contributed by atoms with Crippen LogP contribution in [0.3, 0.4) is 0 Å². The van der Waals surface area contributed by atoms with Crippen molar-refractivity contribution in [1.29, 1.82) is 0 Å². The van der Waals surface area contributed by atoms with Gasteiger partial charge in [0.15, 0.2) is 0 Å². The van der Waals surface area contributed by atoms with Gasteiger partial charge in [-0.25, -0.2) is 0 Å². The summed E-state index contributed by atoms with van der Waals surface area (Å²) in [5.41, 5.74) is 6.58. The predicted molar refractivity (Wildman–Crippen MR) is 45.6 cm³/mol. The van der Waals surface area contributed by atoms with Crippen LogP contribution in [0.25, 0.3) is 0 Å². The van der Waals surface area contributed by atoms with Crippen molar-refractivity contribution in [3.63, 3.8) is 0 Å². The number of amides is 1. The lowest BCUT2D eigenvalue weighted by atomic mass is 10.3. The minimum atomic E-state index is 0.442. The second-order valence-corrected chi connectivity index (χ2v) is 2.41. The minimum absolute atomic E-state index is 0.442. The fourth-order valence-electron chi connectivity index (χ4n) is 0.685. The fraction of sp³-hybridized carbons (Fsp3) is 0. The van der Waals surface area contributed by atoms with Gasteiger partial charge in [-0.1, -0.05) is 11.6 Å². The maximum atomic E-state index is 9.99. The molecule has 0 aliphatic rings. The highest BCUT2D eigenvalue weighted by Crippen LogP contribution is 2.21. The first-order chi connectivity index (χ1) is 5.24. The molecule has 0 saturated heterocycles. The molecule has 0 aromatic heterocycles. The van der Waals surface area contributed by atoms with Crippen LogP contribution in [-0.4, -0.2) is 6.41 Å². The van der Waals surface area contributed by atoms with Crippen molar-refractivity contribution in [2.24, 2.45) is 0 Å². The molecule has 0 unspecified atom stereocenters. The quantitative estimate of drug-likeness (QED) is 0.522. The van der Waals surface area contributed by atoms with E-state index in [1.807, 2.05) is 0 Å². The third-order valence-electron chi connectivity index (χ3n) is 1.23. The van der Waals surface area contributed by atoms with Crippen LogP contribution in [0.1, 0.15) is 0 Å². The topological polar surface area (TPSA) is 55.1 Å². The van der Waals surface area contributed by atoms with Gasteiger partial charge in [-0.05, 0) is 18.2 Å². The maximum absolute atomic E-state index is 9.99. The Morgan fingerprint density at radius 1 is 1.55 bits per heavy atom. The Hall–Kier alpha value is -1.22. The molecule has 0 heterocycles. The lowest BCUT2D eigenvalue weighted by Gasteiger charge is -2.00. The van der Waals surface area contributed by atoms with Gasteiger partial charge >= 0.3 is 0 Å². The van der Waals surface area contributed by atoms with E-state index in [4.69, 9.17) is 17.3 Å². The monoisotopic (exact) mass is 170 g/mol. The van der Waals surface area contributed by atoms with E-state index in [1.54, 1.807) is 18.2 Å². The largest absolute Gasteiger partial charge is 0.398 e. The zero-order valence-electron chi connectivity index (χ0n) is 5.67. The van der Waals surface area contributed by atoms with Crippen LogP contribution in [0, 0.1) is 0 Å². The van der Waals surface area contributed by atoms with E-state index in [0.717, 1.165) is 0 Å². The van der Waals surface area contributed by atoms with Crippen molar-refractivity contribution >= 4 is 29.4 Å². The first-order valence-electron chi connectivity index (χ1n) is 2.99. The number of benzene rings is 1. The molecule has 3 N–H and O–H groups in total. The zero-order valence-corrected chi connectivity index (χ0v) is 6.43. The summed E-state index contributed by atoms with van der Waals surface area (Å²) in [6.45, 7) is 0. The van der Waals surface area contributed by atoms with Crippen LogP contribution in [0.15, 0.2) is 18.2 Å². The van der Waals surface area contributed by atoms with E-state index in [0.29, 0.717) is 22.8 Å². The van der Waals surface area contributed by atoms with Gasteiger partial charge in [0.05, 0.1) is 10.7 Å². The average molecular weight is 171 g/mol. The molecule has 0 aliphatic carbocycles. The second-order valence-electron chi connectivity index (χ2n) is 2.00. The summed E-state index contributed by atoms with van der Waals surface area (Å²) in [7, 11) is 0. The Balaban J connectivity index is 2.95. The van der Waals surface area contributed by atoms with Gasteiger partial charge in [-0.2, -0.15) is 0 Å². The van der Waals surface area contributed by atoms with Gasteiger partial charge in [0.2, 0.25) is 6.41 Å². The highest BCUT2D eigenvalue weighted by Gasteiger charge is 1.95. The van der Waals surface area contributed by atoms with Crippen LogP contribution in [0.2, 0.25) is 5.02 Å². The molecular formula is C7H7ClN2O. The number of rotatable bonds is 2. The van der Waals surface area contributed by atoms with Crippen molar-refractivity contribution in [1.82, 2.24) is 0 Å². The van der Waals surface area contributed by atoms with Gasteiger partial charge in [0.1, 0.15) is 0 Å². The first-order valence-corrected chi connectivity index (χ1v) is 3.37. The minimum Gasteiger partial charge on any atom is -0.398 e. The molecule has 1 aromatic rings. The molecule has 0 spiro atoms. The molecule has 0 atom stereocenters. The van der Waals surface area contributed by atoms with E-state index in [1.165, 1.54) is 0 Å². The highest BCUT2D eigenvalue weighted by atomic mass is 35.5. The Bertz CT molecular complexity index is 275. The second kappa shape index (κ2) is 3.25. The van der Waals surface area contributed by atoms with Crippen molar-refractivity contribution < 1.29 is 4.79 Å². The molecule has 0 saturated carbocycles. The summed E-state index contributed by atoms with van der Waals surface area (Å²) < 4.78 is 0. The van der Waals surface area contributed by atoms with Crippen molar-refractivity contribution in [3.05, 3.63) is 23.2 Å². The van der Waals surface area contributed by atoms with E-state index < -0.39 is 0 Å². The maximum Gasteiger partial charge on any atom is 0.211 e. The molecule has 0 aliphatic heterocycles. The zero-order chi connectivity index (χ0) is 8.27. The number of carbonyl (C=O) groups is 1. The number of nitrogens with two attached hydrogens (primary N) is 1. The van der Waals surface area contributed by atoms with Crippen molar-refractivity contribution in [2.75, 3.05) is 11.1 Å². The number of nitrogen functional groups attached to an aromatic ring is 1. The van der Waals surface area contributed by atoms with E-state index in [9.17, 15) is 4.79 Å². The summed E-state index contributed by atoms with van der Waals surface area (Å²) in [5, 5.41) is 2.90. The number of anilines is 2. The van der Waals surface area contributed by atoms with Gasteiger partial charge in [0, 0.05) is 5.69 Å². The highest BCUT2D eigenvalue weighted by molar-refractivity contribution is 6.33. The van der Waals surface area contributed by atoms with Gasteiger partial charge in [-0.15, -0.1) is 0 Å². The standard InChI is InChI=1S/C7H7ClN2O/c8-6-3-5(10-4-11)1-2-7(6)9/h1-4H,9H2,(H,10,11). The van der Waals surface area contributed by atoms with Gasteiger partial charge in [-0.3, -0.25) is 4.79 Å². The third-order valence-corrected chi connectivity index (χ3v) is 1.55. The number of nitrogens with one attached hydrogen (secondary N) is 1. The summed E-state index contributed by atoms with van der Waals surface area (Å²) >= 11 is 5.67. The lowest BCUT2D eigenvalue weighted by Crippen LogP contribution is -1.94. The van der Waals surface area contributed by atoms with E-state index in [-0.39, 0.29) is 0 Å². The molecule has 11 heavy (non-hydrogen) atoms. The number of hydrogen-bond donors (Lipinski definition) is 2. The molecule has 0 radical (unpaired) electrons. The van der Waals surface area contributed by atoms with Crippen LogP contribution in [0.4, 0.5) is 11.4 Å². The summed E-state index contributed by atoms with van der Waals surface area (Å²) in [6.07, 6.45) is 0.585. The molecule has 0 fully saturated rings. The first kappa shape index (κ1) is 7.88. The molecular weight excluding hydrogens is 164 g/mol. The van der Waals surface area contributed by atoms with Crippen LogP contribution >= 0.6 is 11.6 Å². The SMILES string of the molecule is Nc1ccc(NC=O)cc1Cl. The molecule has 58 valence electrons. The molecule has 4 heteroatoms. The third kappa shape index (κ3) is 1.85. The van der Waals surface area contributed by atoms with Gasteiger partial charge in [0.25, 0.3) is 0 Å². The van der Waals surface area contributed by atoms with E-state index >= 15 is 0 Å². The smallest absolute Gasteiger partial charge is 0.211 e. The van der Waals surface area contributed by atoms with Crippen molar-refractivity contribution in [3.8, 4) is 0 Å². The molecule has 1 rings (SSSR count). The lowest BCUT2D eigenvalue weighted by molar-refractivity contribution is -0.105. The molecule has 1 aromatic carbocycles. The number of halogens is 1. The van der Waals surface area contributed by atoms with Gasteiger partial charge < -0.3 is 11.1 Å². The van der Waals surface area contributed by atoms with Crippen molar-refractivity contribution in [2.45, 2.75) is 0 Å². The number of carbonyl (C=O) groups excluding carboxylic acids is 1. The normalized spacial score (nSPS) is 9.18. The van der Waals surface area contributed by atoms with E-state index in [2.05, 4.69) is 5.32 Å². The van der Waals surface area contributed by atoms with Crippen LogP contribution in [0.5, 0.6) is 0 Å². The Labute approximate surface area is 69.2 Å². The molecule has 0 bridgehead atoms. The molecule has 3 nitrogen and oxygen atoms in total. The summed E-state index contributed by atoms with van der Waals surface area (Å²) in [5.74, 6) is 0. The predicted octanol–water partition coefficient (Wildman–Crippen LogP) is 1.49. The Morgan fingerprint density at radius 3 is 2.82 bits per heavy atom. The Morgan fingerprint density at radius 2 is 2.27 bits per heavy atom. The summed E-state index contributed by atoms with van der Waals surface area (Å²) in [6, 6.07) is 4.90.